The molecule has 100 valence electrons. The molecule has 2 rings (SSSR count). The third-order valence-corrected chi connectivity index (χ3v) is 4.77. The zero-order valence-electron chi connectivity index (χ0n) is 11.4. The lowest BCUT2D eigenvalue weighted by Crippen LogP contribution is -2.35. The highest BCUT2D eigenvalue weighted by molar-refractivity contribution is 7.09. The number of Topliss-reactive ketones (excluding diaryl/α,β-unsaturated/α-hetero) is 1. The van der Waals surface area contributed by atoms with E-state index in [9.17, 15) is 4.79 Å². The molecule has 3 heteroatoms. The van der Waals surface area contributed by atoms with Gasteiger partial charge in [-0.1, -0.05) is 19.9 Å². The average molecular weight is 265 g/mol. The van der Waals surface area contributed by atoms with Crippen LogP contribution >= 0.6 is 11.3 Å². The van der Waals surface area contributed by atoms with Gasteiger partial charge >= 0.3 is 0 Å². The zero-order valence-corrected chi connectivity index (χ0v) is 12.2. The summed E-state index contributed by atoms with van der Waals surface area (Å²) in [5.41, 5.74) is 0. The summed E-state index contributed by atoms with van der Waals surface area (Å²) in [4.78, 5) is 15.8. The second-order valence-corrected chi connectivity index (χ2v) is 6.48. The molecule has 1 aromatic heterocycles. The van der Waals surface area contributed by atoms with E-state index >= 15 is 0 Å². The largest absolute Gasteiger partial charge is 0.299 e. The topological polar surface area (TPSA) is 20.3 Å². The van der Waals surface area contributed by atoms with Crippen LogP contribution in [0.25, 0.3) is 0 Å². The van der Waals surface area contributed by atoms with Crippen molar-refractivity contribution in [3.8, 4) is 0 Å². The van der Waals surface area contributed by atoms with Crippen molar-refractivity contribution < 1.29 is 4.79 Å². The lowest BCUT2D eigenvalue weighted by Gasteiger charge is -2.30. The van der Waals surface area contributed by atoms with E-state index in [1.54, 1.807) is 11.3 Å². The summed E-state index contributed by atoms with van der Waals surface area (Å²) in [6.45, 7) is 7.42. The van der Waals surface area contributed by atoms with Crippen LogP contribution in [0.4, 0.5) is 0 Å². The van der Waals surface area contributed by atoms with Crippen molar-refractivity contribution in [3.05, 3.63) is 22.4 Å². The number of hydrogen-bond donors (Lipinski definition) is 0. The van der Waals surface area contributed by atoms with Gasteiger partial charge in [-0.25, -0.2) is 0 Å². The molecule has 0 saturated heterocycles. The predicted octanol–water partition coefficient (Wildman–Crippen LogP) is 3.58. The van der Waals surface area contributed by atoms with E-state index in [2.05, 4.69) is 36.3 Å². The number of rotatable bonds is 5. The van der Waals surface area contributed by atoms with E-state index in [0.29, 0.717) is 11.7 Å². The summed E-state index contributed by atoms with van der Waals surface area (Å²) in [5, 5.41) is 2.12. The molecule has 1 saturated carbocycles. The van der Waals surface area contributed by atoms with Gasteiger partial charge in [0, 0.05) is 30.3 Å². The van der Waals surface area contributed by atoms with Crippen LogP contribution in [-0.2, 0) is 11.3 Å². The Morgan fingerprint density at radius 1 is 1.50 bits per heavy atom. The number of thiophene rings is 1. The third kappa shape index (κ3) is 3.66. The summed E-state index contributed by atoms with van der Waals surface area (Å²) >= 11 is 1.80. The maximum atomic E-state index is 12.0. The van der Waals surface area contributed by atoms with Crippen LogP contribution in [0, 0.1) is 11.8 Å². The van der Waals surface area contributed by atoms with E-state index in [4.69, 9.17) is 0 Å². The van der Waals surface area contributed by atoms with Gasteiger partial charge in [0.15, 0.2) is 0 Å². The normalized spacial score (nSPS) is 24.7. The van der Waals surface area contributed by atoms with Gasteiger partial charge in [0.1, 0.15) is 5.78 Å². The molecule has 0 bridgehead atoms. The highest BCUT2D eigenvalue weighted by atomic mass is 32.1. The second-order valence-electron chi connectivity index (χ2n) is 5.45. The molecule has 1 heterocycles. The Labute approximate surface area is 114 Å². The second kappa shape index (κ2) is 6.48. The van der Waals surface area contributed by atoms with Crippen molar-refractivity contribution in [2.45, 2.75) is 39.7 Å². The van der Waals surface area contributed by atoms with Crippen molar-refractivity contribution in [2.75, 3.05) is 13.1 Å². The van der Waals surface area contributed by atoms with Gasteiger partial charge in [-0.05, 0) is 36.8 Å². The van der Waals surface area contributed by atoms with Gasteiger partial charge in [-0.2, -0.15) is 0 Å². The first-order valence-corrected chi connectivity index (χ1v) is 7.84. The molecular formula is C15H23NOS. The number of hydrogen-bond acceptors (Lipinski definition) is 3. The molecule has 2 atom stereocenters. The molecule has 2 unspecified atom stereocenters. The van der Waals surface area contributed by atoms with Crippen LogP contribution in [0.3, 0.4) is 0 Å². The Bertz CT molecular complexity index is 374. The Morgan fingerprint density at radius 2 is 2.33 bits per heavy atom. The molecule has 0 spiro atoms. The zero-order chi connectivity index (χ0) is 13.0. The average Bonchev–Trinajstić information content (AvgIpc) is 2.85. The molecule has 1 aromatic rings. The summed E-state index contributed by atoms with van der Waals surface area (Å²) in [6.07, 6.45) is 2.97. The Morgan fingerprint density at radius 3 is 3.00 bits per heavy atom. The first-order valence-electron chi connectivity index (χ1n) is 6.96. The monoisotopic (exact) mass is 265 g/mol. The van der Waals surface area contributed by atoms with Gasteiger partial charge in [-0.15, -0.1) is 11.3 Å². The van der Waals surface area contributed by atoms with E-state index in [1.165, 1.54) is 4.88 Å². The fourth-order valence-corrected chi connectivity index (χ4v) is 3.49. The first kappa shape index (κ1) is 13.8. The summed E-state index contributed by atoms with van der Waals surface area (Å²) in [5.74, 6) is 1.47. The fourth-order valence-electron chi connectivity index (χ4n) is 2.74. The van der Waals surface area contributed by atoms with E-state index < -0.39 is 0 Å². The van der Waals surface area contributed by atoms with Crippen LogP contribution in [-0.4, -0.2) is 23.8 Å². The SMILES string of the molecule is CCN(Cc1cccs1)CC1CC(C)CCC1=O. The van der Waals surface area contributed by atoms with Gasteiger partial charge in [-0.3, -0.25) is 9.69 Å². The molecule has 0 aliphatic heterocycles. The summed E-state index contributed by atoms with van der Waals surface area (Å²) < 4.78 is 0. The molecule has 18 heavy (non-hydrogen) atoms. The van der Waals surface area contributed by atoms with Crippen molar-refractivity contribution >= 4 is 17.1 Å². The lowest BCUT2D eigenvalue weighted by atomic mass is 9.81. The number of carbonyl (C=O) groups is 1. The predicted molar refractivity (Wildman–Crippen MR) is 76.8 cm³/mol. The van der Waals surface area contributed by atoms with Crippen molar-refractivity contribution in [2.24, 2.45) is 11.8 Å². The first-order chi connectivity index (χ1) is 8.69. The summed E-state index contributed by atoms with van der Waals surface area (Å²) in [7, 11) is 0. The minimum Gasteiger partial charge on any atom is -0.299 e. The highest BCUT2D eigenvalue weighted by Crippen LogP contribution is 2.27. The number of carbonyl (C=O) groups excluding carboxylic acids is 1. The standard InChI is InChI=1S/C15H23NOS/c1-3-16(11-14-5-4-8-18-14)10-13-9-12(2)6-7-15(13)17/h4-5,8,12-13H,3,6-7,9-11H2,1-2H3. The van der Waals surface area contributed by atoms with Gasteiger partial charge in [0.05, 0.1) is 0 Å². The molecule has 2 nitrogen and oxygen atoms in total. The molecule has 0 N–H and O–H groups in total. The molecule has 0 radical (unpaired) electrons. The number of ketones is 1. The molecule has 1 fully saturated rings. The van der Waals surface area contributed by atoms with Crippen LogP contribution in [0.1, 0.15) is 38.0 Å². The highest BCUT2D eigenvalue weighted by Gasteiger charge is 2.27. The fraction of sp³-hybridized carbons (Fsp3) is 0.667. The van der Waals surface area contributed by atoms with Crippen LogP contribution in [0.15, 0.2) is 17.5 Å². The van der Waals surface area contributed by atoms with Gasteiger partial charge in [0.25, 0.3) is 0 Å². The van der Waals surface area contributed by atoms with Gasteiger partial charge in [0.2, 0.25) is 0 Å². The Balaban J connectivity index is 1.90. The van der Waals surface area contributed by atoms with Crippen molar-refractivity contribution in [1.82, 2.24) is 4.90 Å². The van der Waals surface area contributed by atoms with Crippen LogP contribution < -0.4 is 0 Å². The maximum absolute atomic E-state index is 12.0. The quantitative estimate of drug-likeness (QED) is 0.811. The van der Waals surface area contributed by atoms with E-state index in [1.807, 2.05) is 0 Å². The molecule has 0 amide bonds. The Kier molecular flexibility index (Phi) is 4.95. The van der Waals surface area contributed by atoms with Crippen LogP contribution in [0.5, 0.6) is 0 Å². The van der Waals surface area contributed by atoms with Crippen molar-refractivity contribution in [3.63, 3.8) is 0 Å². The molecule has 0 aromatic carbocycles. The van der Waals surface area contributed by atoms with E-state index in [0.717, 1.165) is 38.9 Å². The lowest BCUT2D eigenvalue weighted by molar-refractivity contribution is -0.126. The van der Waals surface area contributed by atoms with Crippen molar-refractivity contribution in [1.29, 1.82) is 0 Å². The minimum atomic E-state index is 0.272. The smallest absolute Gasteiger partial charge is 0.137 e. The van der Waals surface area contributed by atoms with E-state index in [-0.39, 0.29) is 5.92 Å². The number of nitrogens with zero attached hydrogens (tertiary/aromatic N) is 1. The molecular weight excluding hydrogens is 242 g/mol. The van der Waals surface area contributed by atoms with Crippen LogP contribution in [0.2, 0.25) is 0 Å². The minimum absolute atomic E-state index is 0.272. The Hall–Kier alpha value is -0.670. The van der Waals surface area contributed by atoms with Gasteiger partial charge < -0.3 is 0 Å². The third-order valence-electron chi connectivity index (χ3n) is 3.91. The summed E-state index contributed by atoms with van der Waals surface area (Å²) in [6, 6.07) is 4.28. The molecule has 1 aliphatic rings. The maximum Gasteiger partial charge on any atom is 0.137 e. The molecule has 1 aliphatic carbocycles.